The van der Waals surface area contributed by atoms with Gasteiger partial charge in [-0.25, -0.2) is 0 Å². The van der Waals surface area contributed by atoms with E-state index in [9.17, 15) is 9.59 Å². The molecule has 0 saturated carbocycles. The van der Waals surface area contributed by atoms with Crippen LogP contribution in [0.4, 0.5) is 0 Å². The molecule has 0 unspecified atom stereocenters. The summed E-state index contributed by atoms with van der Waals surface area (Å²) in [6, 6.07) is 13.3. The second kappa shape index (κ2) is 6.18. The van der Waals surface area contributed by atoms with Crippen molar-refractivity contribution in [1.29, 1.82) is 0 Å². The number of carbonyl (C=O) groups is 2. The molecule has 2 amide bonds. The first-order valence-electron chi connectivity index (χ1n) is 8.46. The van der Waals surface area contributed by atoms with Gasteiger partial charge in [0.15, 0.2) is 0 Å². The highest BCUT2D eigenvalue weighted by Gasteiger charge is 2.34. The van der Waals surface area contributed by atoms with Gasteiger partial charge in [-0.1, -0.05) is 37.9 Å². The first-order chi connectivity index (χ1) is 13.5. The summed E-state index contributed by atoms with van der Waals surface area (Å²) in [5.74, 6) is -0.0972. The Bertz CT molecular complexity index is 1320. The van der Waals surface area contributed by atoms with Crippen LogP contribution in [0.5, 0.6) is 5.75 Å². The molecule has 0 bridgehead atoms. The minimum atomic E-state index is -0.392. The summed E-state index contributed by atoms with van der Waals surface area (Å²) in [6.45, 7) is 0. The van der Waals surface area contributed by atoms with Crippen LogP contribution in [-0.2, 0) is 0 Å². The molecule has 0 spiro atoms. The number of rotatable bonds is 2. The van der Waals surface area contributed by atoms with Crippen molar-refractivity contribution in [2.75, 3.05) is 7.11 Å². The van der Waals surface area contributed by atoms with Gasteiger partial charge in [-0.3, -0.25) is 14.9 Å². The SMILES string of the molecule is COc1ccc2[nH]c3cc(-c4c(Br)cccc4Br)c4c(c3c2c1)C(=O)NC4=O. The van der Waals surface area contributed by atoms with Gasteiger partial charge in [0.1, 0.15) is 5.75 Å². The molecular weight excluding hydrogens is 488 g/mol. The molecule has 0 fully saturated rings. The molecule has 5 nitrogen and oxygen atoms in total. The largest absolute Gasteiger partial charge is 0.497 e. The Morgan fingerprint density at radius 3 is 2.29 bits per heavy atom. The van der Waals surface area contributed by atoms with Gasteiger partial charge >= 0.3 is 0 Å². The van der Waals surface area contributed by atoms with Crippen molar-refractivity contribution >= 4 is 65.5 Å². The van der Waals surface area contributed by atoms with Gasteiger partial charge in [0, 0.05) is 36.3 Å². The number of aromatic amines is 1. The molecule has 5 rings (SSSR count). The predicted octanol–water partition coefficient (Wildman–Crippen LogP) is 5.41. The van der Waals surface area contributed by atoms with E-state index in [1.807, 2.05) is 42.5 Å². The number of ether oxygens (including phenoxy) is 1. The normalized spacial score (nSPS) is 13.2. The summed E-state index contributed by atoms with van der Waals surface area (Å²) in [5.41, 5.74) is 3.93. The highest BCUT2D eigenvalue weighted by atomic mass is 79.9. The molecule has 138 valence electrons. The van der Waals surface area contributed by atoms with Crippen LogP contribution in [0, 0.1) is 0 Å². The van der Waals surface area contributed by atoms with Crippen LogP contribution < -0.4 is 10.1 Å². The van der Waals surface area contributed by atoms with Crippen LogP contribution in [0.25, 0.3) is 32.9 Å². The highest BCUT2D eigenvalue weighted by molar-refractivity contribution is 9.11. The minimum Gasteiger partial charge on any atom is -0.497 e. The van der Waals surface area contributed by atoms with E-state index < -0.39 is 11.8 Å². The number of fused-ring (bicyclic) bond motifs is 5. The van der Waals surface area contributed by atoms with Crippen molar-refractivity contribution in [2.24, 2.45) is 0 Å². The maximum absolute atomic E-state index is 12.7. The Morgan fingerprint density at radius 2 is 1.57 bits per heavy atom. The summed E-state index contributed by atoms with van der Waals surface area (Å²) < 4.78 is 6.99. The van der Waals surface area contributed by atoms with Crippen LogP contribution >= 0.6 is 31.9 Å². The van der Waals surface area contributed by atoms with Crippen LogP contribution in [0.2, 0.25) is 0 Å². The Kier molecular flexibility index (Phi) is 3.86. The minimum absolute atomic E-state index is 0.383. The molecule has 0 saturated heterocycles. The summed E-state index contributed by atoms with van der Waals surface area (Å²) in [6.07, 6.45) is 0. The van der Waals surface area contributed by atoms with Gasteiger partial charge in [-0.2, -0.15) is 0 Å². The van der Waals surface area contributed by atoms with Crippen LogP contribution in [0.15, 0.2) is 51.4 Å². The number of hydrogen-bond acceptors (Lipinski definition) is 3. The number of hydrogen-bond donors (Lipinski definition) is 2. The molecule has 0 aliphatic carbocycles. The summed E-state index contributed by atoms with van der Waals surface area (Å²) in [7, 11) is 1.60. The zero-order valence-electron chi connectivity index (χ0n) is 14.5. The number of halogens is 2. The molecule has 1 aliphatic rings. The van der Waals surface area contributed by atoms with E-state index >= 15 is 0 Å². The average Bonchev–Trinajstić information content (AvgIpc) is 3.17. The Labute approximate surface area is 176 Å². The van der Waals surface area contributed by atoms with E-state index in [1.54, 1.807) is 7.11 Å². The average molecular weight is 500 g/mol. The lowest BCUT2D eigenvalue weighted by atomic mass is 9.93. The number of aromatic nitrogens is 1. The topological polar surface area (TPSA) is 71.2 Å². The van der Waals surface area contributed by atoms with Crippen molar-refractivity contribution in [2.45, 2.75) is 0 Å². The highest BCUT2D eigenvalue weighted by Crippen LogP contribution is 2.43. The van der Waals surface area contributed by atoms with E-state index in [4.69, 9.17) is 4.74 Å². The first-order valence-corrected chi connectivity index (χ1v) is 10.0. The molecule has 0 radical (unpaired) electrons. The first kappa shape index (κ1) is 17.5. The molecule has 1 aliphatic heterocycles. The Hall–Kier alpha value is -2.64. The number of nitrogens with one attached hydrogen (secondary N) is 2. The van der Waals surface area contributed by atoms with Crippen molar-refractivity contribution in [3.05, 3.63) is 62.5 Å². The van der Waals surface area contributed by atoms with Crippen molar-refractivity contribution in [3.63, 3.8) is 0 Å². The summed E-state index contributed by atoms with van der Waals surface area (Å²) in [4.78, 5) is 28.8. The Morgan fingerprint density at radius 1 is 0.857 bits per heavy atom. The number of methoxy groups -OCH3 is 1. The van der Waals surface area contributed by atoms with Crippen LogP contribution in [0.3, 0.4) is 0 Å². The standard InChI is InChI=1S/C21H12Br2N2O3/c1-28-9-5-6-14-10(7-9)17-15(24-14)8-11(16-12(22)3-2-4-13(16)23)18-19(17)21(27)25-20(18)26/h2-8,24H,1H3,(H,25,26,27). The van der Waals surface area contributed by atoms with Gasteiger partial charge in [0.25, 0.3) is 11.8 Å². The summed E-state index contributed by atoms with van der Waals surface area (Å²) in [5, 5.41) is 4.02. The molecule has 1 aromatic heterocycles. The lowest BCUT2D eigenvalue weighted by Gasteiger charge is -2.12. The summed E-state index contributed by atoms with van der Waals surface area (Å²) >= 11 is 7.14. The molecule has 3 aromatic carbocycles. The van der Waals surface area contributed by atoms with E-state index in [1.165, 1.54) is 0 Å². The zero-order valence-corrected chi connectivity index (χ0v) is 17.7. The van der Waals surface area contributed by atoms with Crippen LogP contribution in [-0.4, -0.2) is 23.9 Å². The number of imide groups is 1. The third-order valence-corrected chi connectivity index (χ3v) is 6.33. The smallest absolute Gasteiger partial charge is 0.259 e. The molecule has 28 heavy (non-hydrogen) atoms. The predicted molar refractivity (Wildman–Crippen MR) is 115 cm³/mol. The second-order valence-electron chi connectivity index (χ2n) is 6.51. The lowest BCUT2D eigenvalue weighted by Crippen LogP contribution is -2.20. The van der Waals surface area contributed by atoms with Crippen molar-refractivity contribution in [1.82, 2.24) is 10.3 Å². The van der Waals surface area contributed by atoms with Gasteiger partial charge in [-0.05, 0) is 42.0 Å². The third-order valence-electron chi connectivity index (χ3n) is 5.01. The van der Waals surface area contributed by atoms with Gasteiger partial charge in [0.05, 0.1) is 18.2 Å². The molecule has 4 aromatic rings. The van der Waals surface area contributed by atoms with Crippen molar-refractivity contribution < 1.29 is 14.3 Å². The monoisotopic (exact) mass is 498 g/mol. The molecule has 0 atom stereocenters. The van der Waals surface area contributed by atoms with Gasteiger partial charge in [-0.15, -0.1) is 0 Å². The quantitative estimate of drug-likeness (QED) is 0.362. The molecular formula is C21H12Br2N2O3. The number of amides is 2. The molecule has 7 heteroatoms. The van der Waals surface area contributed by atoms with Gasteiger partial charge < -0.3 is 9.72 Å². The fourth-order valence-corrected chi connectivity index (χ4v) is 5.24. The maximum atomic E-state index is 12.7. The van der Waals surface area contributed by atoms with Crippen molar-refractivity contribution in [3.8, 4) is 16.9 Å². The van der Waals surface area contributed by atoms with Crippen LogP contribution in [0.1, 0.15) is 20.7 Å². The fraction of sp³-hybridized carbons (Fsp3) is 0.0476. The molecule has 2 N–H and O–H groups in total. The number of H-pyrrole nitrogens is 1. The zero-order chi connectivity index (χ0) is 19.6. The van der Waals surface area contributed by atoms with E-state index in [-0.39, 0.29) is 0 Å². The molecule has 2 heterocycles. The van der Waals surface area contributed by atoms with Gasteiger partial charge in [0.2, 0.25) is 0 Å². The second-order valence-corrected chi connectivity index (χ2v) is 8.22. The van der Waals surface area contributed by atoms with E-state index in [0.717, 1.165) is 36.3 Å². The van der Waals surface area contributed by atoms with E-state index in [2.05, 4.69) is 42.2 Å². The maximum Gasteiger partial charge on any atom is 0.259 e. The lowest BCUT2D eigenvalue weighted by molar-refractivity contribution is 0.0880. The van der Waals surface area contributed by atoms with E-state index in [0.29, 0.717) is 22.4 Å². The Balaban J connectivity index is 1.98. The fourth-order valence-electron chi connectivity index (χ4n) is 3.82. The third kappa shape index (κ3) is 2.36. The number of benzene rings is 3. The number of carbonyl (C=O) groups excluding carboxylic acids is 2.